The van der Waals surface area contributed by atoms with Gasteiger partial charge in [0.15, 0.2) is 11.6 Å². The molecule has 1 aliphatic heterocycles. The van der Waals surface area contributed by atoms with Gasteiger partial charge in [0.25, 0.3) is 5.56 Å². The molecule has 0 spiro atoms. The molecule has 4 heterocycles. The van der Waals surface area contributed by atoms with Gasteiger partial charge in [0.2, 0.25) is 0 Å². The van der Waals surface area contributed by atoms with Crippen molar-refractivity contribution in [2.24, 2.45) is 12.0 Å². The van der Waals surface area contributed by atoms with E-state index < -0.39 is 11.6 Å². The third-order valence-electron chi connectivity index (χ3n) is 5.24. The third-order valence-corrected chi connectivity index (χ3v) is 5.24. The second kappa shape index (κ2) is 7.36. The first-order valence-corrected chi connectivity index (χ1v) is 9.65. The van der Waals surface area contributed by atoms with E-state index in [-0.39, 0.29) is 5.56 Å². The average Bonchev–Trinajstić information content (AvgIpc) is 3.27. The first-order valence-electron chi connectivity index (χ1n) is 9.65. The molecular weight excluding hydrogens is 398 g/mol. The summed E-state index contributed by atoms with van der Waals surface area (Å²) in [7, 11) is 1.70. The fourth-order valence-corrected chi connectivity index (χ4v) is 3.65. The molecule has 0 saturated heterocycles. The number of aliphatic imine (C=N–C) groups is 1. The number of hydrogen-bond donors (Lipinski definition) is 0. The van der Waals surface area contributed by atoms with E-state index in [0.717, 1.165) is 17.7 Å². The Labute approximate surface area is 176 Å². The summed E-state index contributed by atoms with van der Waals surface area (Å²) in [5.74, 6) is -1.82. The molecule has 4 aromatic rings. The highest BCUT2D eigenvalue weighted by molar-refractivity contribution is 6.32. The number of pyridine rings is 3. The molecule has 0 aliphatic carbocycles. The van der Waals surface area contributed by atoms with Gasteiger partial charge >= 0.3 is 0 Å². The summed E-state index contributed by atoms with van der Waals surface area (Å²) in [6.07, 6.45) is 5.25. The molecule has 0 N–H and O–H groups in total. The molecule has 0 fully saturated rings. The van der Waals surface area contributed by atoms with Crippen LogP contribution >= 0.6 is 0 Å². The predicted octanol–water partition coefficient (Wildman–Crippen LogP) is 4.16. The van der Waals surface area contributed by atoms with Gasteiger partial charge in [-0.2, -0.15) is 0 Å². The Bertz CT molecular complexity index is 1470. The molecule has 0 radical (unpaired) electrons. The van der Waals surface area contributed by atoms with Crippen LogP contribution in [0.4, 0.5) is 8.78 Å². The zero-order valence-electron chi connectivity index (χ0n) is 16.5. The van der Waals surface area contributed by atoms with Crippen LogP contribution in [-0.4, -0.2) is 26.8 Å². The van der Waals surface area contributed by atoms with Crippen molar-refractivity contribution in [1.29, 1.82) is 0 Å². The number of fused-ring (bicyclic) bond motifs is 1. The Kier molecular flexibility index (Phi) is 4.51. The Hall–Kier alpha value is -4.00. The molecule has 1 aliphatic rings. The van der Waals surface area contributed by atoms with Crippen molar-refractivity contribution in [3.8, 4) is 11.1 Å². The number of hydrogen-bond acceptors (Lipinski definition) is 4. The van der Waals surface area contributed by atoms with Crippen molar-refractivity contribution in [2.75, 3.05) is 6.54 Å². The van der Waals surface area contributed by atoms with Crippen molar-refractivity contribution in [2.45, 2.75) is 0 Å². The third kappa shape index (κ3) is 3.34. The van der Waals surface area contributed by atoms with Crippen LogP contribution in [0, 0.1) is 11.6 Å². The minimum Gasteiger partial charge on any atom is -0.318 e. The molecule has 31 heavy (non-hydrogen) atoms. The number of nitrogens with zero attached hydrogens (tertiary/aromatic N) is 4. The second-order valence-electron chi connectivity index (χ2n) is 7.23. The Morgan fingerprint density at radius 3 is 2.68 bits per heavy atom. The topological polar surface area (TPSA) is 60.1 Å². The first kappa shape index (κ1) is 19.0. The molecule has 5 rings (SSSR count). The van der Waals surface area contributed by atoms with Gasteiger partial charge in [0, 0.05) is 41.7 Å². The largest absolute Gasteiger partial charge is 0.318 e. The van der Waals surface area contributed by atoms with Crippen molar-refractivity contribution in [3.63, 3.8) is 0 Å². The van der Waals surface area contributed by atoms with Gasteiger partial charge in [0.1, 0.15) is 0 Å². The summed E-state index contributed by atoms with van der Waals surface area (Å²) in [6, 6.07) is 12.8. The molecule has 152 valence electrons. The van der Waals surface area contributed by atoms with Gasteiger partial charge in [0.05, 0.1) is 29.0 Å². The summed E-state index contributed by atoms with van der Waals surface area (Å²) >= 11 is 0. The number of allylic oxidation sites excluding steroid dienone is 1. The van der Waals surface area contributed by atoms with E-state index in [1.807, 2.05) is 24.3 Å². The van der Waals surface area contributed by atoms with Gasteiger partial charge in [-0.05, 0) is 48.5 Å². The number of rotatable bonds is 3. The molecule has 0 atom stereocenters. The van der Waals surface area contributed by atoms with Crippen LogP contribution in [0.1, 0.15) is 11.3 Å². The van der Waals surface area contributed by atoms with Crippen molar-refractivity contribution >= 4 is 22.3 Å². The minimum absolute atomic E-state index is 0.119. The molecule has 0 saturated carbocycles. The predicted molar refractivity (Wildman–Crippen MR) is 116 cm³/mol. The molecule has 1 aromatic carbocycles. The summed E-state index contributed by atoms with van der Waals surface area (Å²) in [5, 5.41) is 0. The Balaban J connectivity index is 1.58. The van der Waals surface area contributed by atoms with E-state index in [1.54, 1.807) is 31.6 Å². The monoisotopic (exact) mass is 414 g/mol. The maximum absolute atomic E-state index is 13.7. The quantitative estimate of drug-likeness (QED) is 0.506. The van der Waals surface area contributed by atoms with E-state index in [4.69, 9.17) is 4.98 Å². The Morgan fingerprint density at radius 1 is 0.968 bits per heavy atom. The fourth-order valence-electron chi connectivity index (χ4n) is 3.65. The van der Waals surface area contributed by atoms with Gasteiger partial charge < -0.3 is 4.57 Å². The SMILES string of the molecule is Cn1cccc(-c2cnc3ccc(C4=CCN=C4c4ccc(F)c(F)c4)nc3c2)c1=O. The lowest BCUT2D eigenvalue weighted by Gasteiger charge is -2.09. The number of halogens is 2. The lowest BCUT2D eigenvalue weighted by atomic mass is 10.00. The van der Waals surface area contributed by atoms with Crippen molar-refractivity contribution < 1.29 is 8.78 Å². The minimum atomic E-state index is -0.920. The molecule has 0 unspecified atom stereocenters. The Morgan fingerprint density at radius 2 is 1.84 bits per heavy atom. The lowest BCUT2D eigenvalue weighted by molar-refractivity contribution is 0.508. The zero-order chi connectivity index (χ0) is 21.5. The molecule has 3 aromatic heterocycles. The normalized spacial score (nSPS) is 13.4. The van der Waals surface area contributed by atoms with E-state index in [0.29, 0.717) is 45.7 Å². The number of aromatic nitrogens is 3. The molecule has 0 bridgehead atoms. The fraction of sp³-hybridized carbons (Fsp3) is 0.0833. The summed E-state index contributed by atoms with van der Waals surface area (Å²) in [4.78, 5) is 26.1. The van der Waals surface area contributed by atoms with Crippen LogP contribution in [-0.2, 0) is 7.05 Å². The van der Waals surface area contributed by atoms with E-state index in [1.165, 1.54) is 10.6 Å². The van der Waals surface area contributed by atoms with Crippen LogP contribution in [0.15, 0.2) is 76.8 Å². The van der Waals surface area contributed by atoms with Crippen LogP contribution in [0.2, 0.25) is 0 Å². The number of aryl methyl sites for hydroxylation is 1. The number of benzene rings is 1. The zero-order valence-corrected chi connectivity index (χ0v) is 16.5. The summed E-state index contributed by atoms with van der Waals surface area (Å²) in [6.45, 7) is 0.432. The second-order valence-corrected chi connectivity index (χ2v) is 7.23. The lowest BCUT2D eigenvalue weighted by Crippen LogP contribution is -2.17. The van der Waals surface area contributed by atoms with E-state index in [2.05, 4.69) is 9.98 Å². The van der Waals surface area contributed by atoms with Crippen LogP contribution < -0.4 is 5.56 Å². The summed E-state index contributed by atoms with van der Waals surface area (Å²) < 4.78 is 28.6. The molecule has 5 nitrogen and oxygen atoms in total. The van der Waals surface area contributed by atoms with Gasteiger partial charge in [-0.15, -0.1) is 0 Å². The van der Waals surface area contributed by atoms with E-state index >= 15 is 0 Å². The standard InChI is InChI=1S/C24H16F2N4O/c1-30-10-2-3-16(24(30)31)15-12-22-21(28-13-15)7-6-20(29-22)17-8-9-27-23(17)14-4-5-18(25)19(26)11-14/h2-8,10-13H,9H2,1H3. The van der Waals surface area contributed by atoms with Gasteiger partial charge in [-0.25, -0.2) is 13.8 Å². The average molecular weight is 414 g/mol. The van der Waals surface area contributed by atoms with E-state index in [9.17, 15) is 13.6 Å². The molecular formula is C24H16F2N4O. The smallest absolute Gasteiger partial charge is 0.258 e. The molecule has 7 heteroatoms. The first-order chi connectivity index (χ1) is 15.0. The van der Waals surface area contributed by atoms with Crippen LogP contribution in [0.25, 0.3) is 27.7 Å². The maximum atomic E-state index is 13.7. The highest BCUT2D eigenvalue weighted by Crippen LogP contribution is 2.27. The van der Waals surface area contributed by atoms with Crippen molar-refractivity contribution in [1.82, 2.24) is 14.5 Å². The van der Waals surface area contributed by atoms with Gasteiger partial charge in [-0.3, -0.25) is 14.8 Å². The van der Waals surface area contributed by atoms with Crippen LogP contribution in [0.3, 0.4) is 0 Å². The highest BCUT2D eigenvalue weighted by atomic mass is 19.2. The molecule has 0 amide bonds. The van der Waals surface area contributed by atoms with Crippen LogP contribution in [0.5, 0.6) is 0 Å². The summed E-state index contributed by atoms with van der Waals surface area (Å²) in [5.41, 5.74) is 4.84. The highest BCUT2D eigenvalue weighted by Gasteiger charge is 2.19. The van der Waals surface area contributed by atoms with Crippen molar-refractivity contribution in [3.05, 3.63) is 100 Å². The maximum Gasteiger partial charge on any atom is 0.258 e. The van der Waals surface area contributed by atoms with Gasteiger partial charge in [-0.1, -0.05) is 6.08 Å².